The SMILES string of the molecule is O=C1C2CC3C(=CCC4C(=O)N(c5ccc(Br)cc5)C(=O)C43)C(c3cc(OC(F)(F)F)ccc3O)C2(c2ccc(Cl)cc2)C(=O)N1Nc1ccc(F)cc1. The molecule has 4 aromatic rings. The maximum atomic E-state index is 15.2. The van der Waals surface area contributed by atoms with E-state index in [1.165, 1.54) is 36.4 Å². The van der Waals surface area contributed by atoms with Crippen LogP contribution < -0.4 is 15.1 Å². The highest BCUT2D eigenvalue weighted by molar-refractivity contribution is 9.10. The van der Waals surface area contributed by atoms with Gasteiger partial charge in [0.2, 0.25) is 11.8 Å². The average molecular weight is 825 g/mol. The smallest absolute Gasteiger partial charge is 0.508 e. The van der Waals surface area contributed by atoms with Crippen molar-refractivity contribution in [1.82, 2.24) is 5.01 Å². The Balaban J connectivity index is 1.35. The highest BCUT2D eigenvalue weighted by Crippen LogP contribution is 2.65. The number of anilines is 2. The molecule has 2 saturated heterocycles. The second-order valence-corrected chi connectivity index (χ2v) is 15.0. The molecule has 1 saturated carbocycles. The van der Waals surface area contributed by atoms with E-state index >= 15 is 4.79 Å². The maximum absolute atomic E-state index is 15.2. The zero-order chi connectivity index (χ0) is 38.3. The zero-order valence-corrected chi connectivity index (χ0v) is 30.0. The van der Waals surface area contributed by atoms with Gasteiger partial charge in [0.25, 0.3) is 11.8 Å². The van der Waals surface area contributed by atoms with E-state index in [1.54, 1.807) is 30.3 Å². The largest absolute Gasteiger partial charge is 0.573 e. The normalized spacial score (nSPS) is 26.3. The standard InChI is InChI=1S/C39H27BrClF4N3O6/c40-20-3-11-24(12-4-20)47-34(50)27-15-14-26-28(32(27)36(47)52)18-30-35(51)48(46-23-9-7-22(42)8-10-23)37(53)38(30,19-1-5-21(41)6-2-19)33(26)29-17-25(13-16-31(29)49)54-39(43,44)45/h1-14,16-17,27-28,30,32-33,46,49H,15,18H2. The van der Waals surface area contributed by atoms with Crippen LogP contribution in [0.1, 0.15) is 29.9 Å². The molecule has 4 aromatic carbocycles. The second kappa shape index (κ2) is 13.0. The Morgan fingerprint density at radius 3 is 2.22 bits per heavy atom. The van der Waals surface area contributed by atoms with Crippen molar-refractivity contribution in [1.29, 1.82) is 0 Å². The van der Waals surface area contributed by atoms with Crippen molar-refractivity contribution in [2.45, 2.75) is 30.5 Å². The Hall–Kier alpha value is -5.21. The lowest BCUT2D eigenvalue weighted by Gasteiger charge is -2.50. The number of alkyl halides is 3. The van der Waals surface area contributed by atoms with Crippen molar-refractivity contribution < 1.29 is 46.6 Å². The number of nitrogens with zero attached hydrogens (tertiary/aromatic N) is 2. The summed E-state index contributed by atoms with van der Waals surface area (Å²) in [4.78, 5) is 59.4. The summed E-state index contributed by atoms with van der Waals surface area (Å²) < 4.78 is 59.6. The number of allylic oxidation sites excluding steroid dienone is 2. The van der Waals surface area contributed by atoms with Gasteiger partial charge in [0, 0.05) is 21.0 Å². The van der Waals surface area contributed by atoms with Gasteiger partial charge in [-0.15, -0.1) is 13.2 Å². The molecule has 0 radical (unpaired) electrons. The van der Waals surface area contributed by atoms with Crippen molar-refractivity contribution in [2.75, 3.05) is 10.3 Å². The lowest BCUT2D eigenvalue weighted by atomic mass is 9.49. The number of nitrogens with one attached hydrogen (secondary N) is 1. The molecule has 0 bridgehead atoms. The number of aromatic hydroxyl groups is 1. The van der Waals surface area contributed by atoms with Crippen LogP contribution in [0, 0.1) is 29.5 Å². The molecule has 6 unspecified atom stereocenters. The summed E-state index contributed by atoms with van der Waals surface area (Å²) in [7, 11) is 0. The minimum Gasteiger partial charge on any atom is -0.508 e. The summed E-state index contributed by atoms with van der Waals surface area (Å²) in [6, 6.07) is 20.5. The van der Waals surface area contributed by atoms with E-state index in [0.717, 1.165) is 44.7 Å². The quantitative estimate of drug-likeness (QED) is 0.115. The molecule has 0 aromatic heterocycles. The van der Waals surface area contributed by atoms with Crippen LogP contribution in [0.4, 0.5) is 28.9 Å². The lowest BCUT2D eigenvalue weighted by molar-refractivity contribution is -0.274. The molecule has 3 fully saturated rings. The number of fused-ring (bicyclic) bond motifs is 4. The highest BCUT2D eigenvalue weighted by Gasteiger charge is 2.70. The van der Waals surface area contributed by atoms with E-state index in [-0.39, 0.29) is 29.7 Å². The van der Waals surface area contributed by atoms with Gasteiger partial charge in [-0.2, -0.15) is 5.01 Å². The van der Waals surface area contributed by atoms with Gasteiger partial charge in [0.1, 0.15) is 17.3 Å². The number of benzene rings is 4. The van der Waals surface area contributed by atoms with Crippen molar-refractivity contribution in [2.24, 2.45) is 23.7 Å². The number of carbonyl (C=O) groups excluding carboxylic acids is 4. The Bertz CT molecular complexity index is 2250. The number of hydrogen-bond acceptors (Lipinski definition) is 7. The summed E-state index contributed by atoms with van der Waals surface area (Å²) in [6.45, 7) is 0. The van der Waals surface area contributed by atoms with Gasteiger partial charge in [-0.05, 0) is 103 Å². The van der Waals surface area contributed by atoms with Gasteiger partial charge < -0.3 is 9.84 Å². The first-order valence-corrected chi connectivity index (χ1v) is 17.9. The van der Waals surface area contributed by atoms with E-state index in [1.807, 2.05) is 0 Å². The fourth-order valence-electron chi connectivity index (χ4n) is 8.81. The Morgan fingerprint density at radius 2 is 1.56 bits per heavy atom. The van der Waals surface area contributed by atoms with Crippen LogP contribution in [0.5, 0.6) is 11.5 Å². The minimum absolute atomic E-state index is 0.0329. The fourth-order valence-corrected chi connectivity index (χ4v) is 9.20. The Morgan fingerprint density at radius 1 is 0.870 bits per heavy atom. The van der Waals surface area contributed by atoms with E-state index in [2.05, 4.69) is 26.1 Å². The third-order valence-corrected chi connectivity index (χ3v) is 11.7. The first-order valence-electron chi connectivity index (χ1n) is 16.8. The summed E-state index contributed by atoms with van der Waals surface area (Å²) in [5, 5.41) is 12.6. The number of rotatable bonds is 6. The Labute approximate surface area is 318 Å². The van der Waals surface area contributed by atoms with E-state index in [9.17, 15) is 37.1 Å². The molecule has 4 amide bonds. The van der Waals surface area contributed by atoms with Crippen LogP contribution in [-0.2, 0) is 24.6 Å². The third-order valence-electron chi connectivity index (χ3n) is 10.9. The van der Waals surface area contributed by atoms with Crippen molar-refractivity contribution in [3.05, 3.63) is 129 Å². The molecule has 276 valence electrons. The number of hydrazine groups is 1. The van der Waals surface area contributed by atoms with Gasteiger partial charge in [-0.3, -0.25) is 29.5 Å². The minimum atomic E-state index is -5.11. The molecule has 2 aliphatic heterocycles. The second-order valence-electron chi connectivity index (χ2n) is 13.6. The van der Waals surface area contributed by atoms with Gasteiger partial charge in [-0.25, -0.2) is 4.39 Å². The van der Waals surface area contributed by atoms with Crippen molar-refractivity contribution >= 4 is 62.5 Å². The van der Waals surface area contributed by atoms with Gasteiger partial charge in [0.05, 0.1) is 34.5 Å². The molecule has 8 rings (SSSR count). The predicted molar refractivity (Wildman–Crippen MR) is 190 cm³/mol. The van der Waals surface area contributed by atoms with Crippen molar-refractivity contribution in [3.8, 4) is 11.5 Å². The topological polar surface area (TPSA) is 116 Å². The van der Waals surface area contributed by atoms with Crippen LogP contribution in [0.3, 0.4) is 0 Å². The molecular weight excluding hydrogens is 798 g/mol. The third kappa shape index (κ3) is 5.65. The number of halogens is 6. The van der Waals surface area contributed by atoms with Gasteiger partial charge in [0.15, 0.2) is 0 Å². The number of phenolic OH excluding ortho intramolecular Hbond substituents is 1. The molecule has 54 heavy (non-hydrogen) atoms. The zero-order valence-electron chi connectivity index (χ0n) is 27.7. The summed E-state index contributed by atoms with van der Waals surface area (Å²) in [5.74, 6) is -9.67. The first-order chi connectivity index (χ1) is 25.7. The highest BCUT2D eigenvalue weighted by atomic mass is 79.9. The number of phenols is 1. The molecule has 4 aliphatic rings. The molecule has 2 aliphatic carbocycles. The van der Waals surface area contributed by atoms with Crippen LogP contribution >= 0.6 is 27.5 Å². The summed E-state index contributed by atoms with van der Waals surface area (Å²) in [6.07, 6.45) is -3.50. The van der Waals surface area contributed by atoms with Gasteiger partial charge >= 0.3 is 6.36 Å². The molecule has 6 atom stereocenters. The van der Waals surface area contributed by atoms with Crippen LogP contribution in [0.15, 0.2) is 107 Å². The molecule has 2 heterocycles. The number of imide groups is 2. The molecule has 2 N–H and O–H groups in total. The van der Waals surface area contributed by atoms with E-state index in [4.69, 9.17) is 11.6 Å². The number of hydrogen-bond donors (Lipinski definition) is 2. The number of ether oxygens (including phenoxy) is 1. The molecule has 0 spiro atoms. The van der Waals surface area contributed by atoms with Gasteiger partial charge in [-0.1, -0.05) is 51.3 Å². The number of amides is 4. The Kier molecular flexibility index (Phi) is 8.60. The average Bonchev–Trinajstić information content (AvgIpc) is 3.51. The lowest BCUT2D eigenvalue weighted by Crippen LogP contribution is -2.53. The molecule has 15 heteroatoms. The van der Waals surface area contributed by atoms with E-state index < -0.39 is 82.3 Å². The number of carbonyl (C=O) groups is 4. The summed E-state index contributed by atoms with van der Waals surface area (Å²) in [5.41, 5.74) is 1.86. The van der Waals surface area contributed by atoms with Crippen LogP contribution in [-0.4, -0.2) is 40.1 Å². The van der Waals surface area contributed by atoms with Crippen molar-refractivity contribution in [3.63, 3.8) is 0 Å². The first kappa shape index (κ1) is 35.8. The van der Waals surface area contributed by atoms with E-state index in [0.29, 0.717) is 16.3 Å². The van der Waals surface area contributed by atoms with Crippen LogP contribution in [0.25, 0.3) is 0 Å². The predicted octanol–water partition coefficient (Wildman–Crippen LogP) is 8.04. The maximum Gasteiger partial charge on any atom is 0.573 e. The summed E-state index contributed by atoms with van der Waals surface area (Å²) >= 11 is 9.64. The monoisotopic (exact) mass is 823 g/mol. The molecule has 9 nitrogen and oxygen atoms in total. The molecular formula is C39H27BrClF4N3O6. The fraction of sp³-hybridized carbons (Fsp3) is 0.231. The van der Waals surface area contributed by atoms with Crippen LogP contribution in [0.2, 0.25) is 5.02 Å².